The first kappa shape index (κ1) is 11.9. The first-order chi connectivity index (χ1) is 8.29. The standard InChI is InChI=1S/C14H18N2O/c1-3-13(14-5-4-8-17-14)16-10-12-7-6-11(2)15-9-12/h4-9,13,16H,3,10H2,1-2H3. The second-order valence-corrected chi connectivity index (χ2v) is 4.16. The minimum Gasteiger partial charge on any atom is -0.468 e. The summed E-state index contributed by atoms with van der Waals surface area (Å²) in [6.07, 6.45) is 4.64. The van der Waals surface area contributed by atoms with Gasteiger partial charge >= 0.3 is 0 Å². The SMILES string of the molecule is CCC(NCc1ccc(C)nc1)c1ccco1. The van der Waals surface area contributed by atoms with Crippen molar-refractivity contribution in [3.05, 3.63) is 53.7 Å². The van der Waals surface area contributed by atoms with Gasteiger partial charge in [0.05, 0.1) is 12.3 Å². The van der Waals surface area contributed by atoms with Gasteiger partial charge in [0.2, 0.25) is 0 Å². The molecule has 0 aliphatic rings. The molecule has 0 aliphatic heterocycles. The fraction of sp³-hybridized carbons (Fsp3) is 0.357. The molecule has 17 heavy (non-hydrogen) atoms. The van der Waals surface area contributed by atoms with Gasteiger partial charge in [0.25, 0.3) is 0 Å². The molecule has 2 rings (SSSR count). The number of furan rings is 1. The van der Waals surface area contributed by atoms with Crippen LogP contribution in [0.15, 0.2) is 41.1 Å². The van der Waals surface area contributed by atoms with Crippen molar-refractivity contribution in [2.24, 2.45) is 0 Å². The van der Waals surface area contributed by atoms with Gasteiger partial charge in [-0.05, 0) is 37.1 Å². The van der Waals surface area contributed by atoms with E-state index in [2.05, 4.69) is 23.3 Å². The normalized spacial score (nSPS) is 12.6. The van der Waals surface area contributed by atoms with Gasteiger partial charge in [-0.3, -0.25) is 4.98 Å². The molecular weight excluding hydrogens is 212 g/mol. The number of nitrogens with one attached hydrogen (secondary N) is 1. The summed E-state index contributed by atoms with van der Waals surface area (Å²) in [4.78, 5) is 4.28. The Kier molecular flexibility index (Phi) is 3.94. The smallest absolute Gasteiger partial charge is 0.120 e. The Morgan fingerprint density at radius 3 is 2.82 bits per heavy atom. The topological polar surface area (TPSA) is 38.1 Å². The van der Waals surface area contributed by atoms with Gasteiger partial charge < -0.3 is 9.73 Å². The maximum Gasteiger partial charge on any atom is 0.120 e. The molecule has 0 aromatic carbocycles. The molecule has 90 valence electrons. The zero-order valence-electron chi connectivity index (χ0n) is 10.3. The molecule has 0 saturated carbocycles. The Labute approximate surface area is 102 Å². The van der Waals surface area contributed by atoms with Crippen LogP contribution in [0.5, 0.6) is 0 Å². The first-order valence-electron chi connectivity index (χ1n) is 5.98. The van der Waals surface area contributed by atoms with Crippen molar-refractivity contribution >= 4 is 0 Å². The molecule has 0 fully saturated rings. The van der Waals surface area contributed by atoms with E-state index in [1.165, 1.54) is 5.56 Å². The lowest BCUT2D eigenvalue weighted by atomic mass is 10.1. The molecule has 0 spiro atoms. The lowest BCUT2D eigenvalue weighted by molar-refractivity contribution is 0.403. The summed E-state index contributed by atoms with van der Waals surface area (Å²) in [5.41, 5.74) is 2.24. The molecule has 1 unspecified atom stereocenters. The average Bonchev–Trinajstić information content (AvgIpc) is 2.86. The van der Waals surface area contributed by atoms with Crippen LogP contribution in [0.25, 0.3) is 0 Å². The summed E-state index contributed by atoms with van der Waals surface area (Å²) in [6, 6.07) is 8.34. The van der Waals surface area contributed by atoms with E-state index in [9.17, 15) is 0 Å². The fourth-order valence-corrected chi connectivity index (χ4v) is 1.78. The van der Waals surface area contributed by atoms with Crippen molar-refractivity contribution in [1.82, 2.24) is 10.3 Å². The van der Waals surface area contributed by atoms with E-state index >= 15 is 0 Å². The Hall–Kier alpha value is -1.61. The van der Waals surface area contributed by atoms with Crippen LogP contribution in [0.3, 0.4) is 0 Å². The van der Waals surface area contributed by atoms with Crippen molar-refractivity contribution < 1.29 is 4.42 Å². The zero-order chi connectivity index (χ0) is 12.1. The van der Waals surface area contributed by atoms with Crippen molar-refractivity contribution in [2.45, 2.75) is 32.9 Å². The number of rotatable bonds is 5. The second-order valence-electron chi connectivity index (χ2n) is 4.16. The summed E-state index contributed by atoms with van der Waals surface area (Å²) in [5.74, 6) is 0.993. The molecule has 0 radical (unpaired) electrons. The highest BCUT2D eigenvalue weighted by Gasteiger charge is 2.10. The molecular formula is C14H18N2O. The Balaban J connectivity index is 1.94. The lowest BCUT2D eigenvalue weighted by Gasteiger charge is -2.14. The summed E-state index contributed by atoms with van der Waals surface area (Å²) in [7, 11) is 0. The highest BCUT2D eigenvalue weighted by molar-refractivity contribution is 5.13. The van der Waals surface area contributed by atoms with Gasteiger partial charge in [-0.25, -0.2) is 0 Å². The Bertz CT molecular complexity index is 434. The molecule has 0 saturated heterocycles. The van der Waals surface area contributed by atoms with Gasteiger partial charge in [-0.2, -0.15) is 0 Å². The van der Waals surface area contributed by atoms with Gasteiger partial charge in [0.1, 0.15) is 5.76 Å². The maximum atomic E-state index is 5.42. The molecule has 2 heterocycles. The molecule has 2 aromatic rings. The Morgan fingerprint density at radius 1 is 1.35 bits per heavy atom. The van der Waals surface area contributed by atoms with Crippen molar-refractivity contribution in [2.75, 3.05) is 0 Å². The summed E-state index contributed by atoms with van der Waals surface area (Å²) < 4.78 is 5.42. The van der Waals surface area contributed by atoms with Crippen LogP contribution >= 0.6 is 0 Å². The largest absolute Gasteiger partial charge is 0.468 e. The summed E-state index contributed by atoms with van der Waals surface area (Å²) in [5, 5.41) is 3.47. The van der Waals surface area contributed by atoms with Crippen LogP contribution < -0.4 is 5.32 Å². The monoisotopic (exact) mass is 230 g/mol. The van der Waals surface area contributed by atoms with Gasteiger partial charge in [0.15, 0.2) is 0 Å². The number of pyridine rings is 1. The first-order valence-corrected chi connectivity index (χ1v) is 5.98. The molecule has 3 nitrogen and oxygen atoms in total. The van der Waals surface area contributed by atoms with E-state index in [0.717, 1.165) is 24.4 Å². The Morgan fingerprint density at radius 2 is 2.24 bits per heavy atom. The maximum absolute atomic E-state index is 5.42. The van der Waals surface area contributed by atoms with Crippen LogP contribution in [0.2, 0.25) is 0 Å². The van der Waals surface area contributed by atoms with Crippen molar-refractivity contribution in [1.29, 1.82) is 0 Å². The highest BCUT2D eigenvalue weighted by atomic mass is 16.3. The molecule has 1 atom stereocenters. The number of aryl methyl sites for hydroxylation is 1. The minimum absolute atomic E-state index is 0.270. The highest BCUT2D eigenvalue weighted by Crippen LogP contribution is 2.17. The third kappa shape index (κ3) is 3.17. The van der Waals surface area contributed by atoms with Crippen LogP contribution in [0.4, 0.5) is 0 Å². The van der Waals surface area contributed by atoms with E-state index in [-0.39, 0.29) is 6.04 Å². The van der Waals surface area contributed by atoms with Crippen LogP contribution in [0.1, 0.15) is 36.4 Å². The third-order valence-electron chi connectivity index (χ3n) is 2.82. The molecule has 2 aromatic heterocycles. The van der Waals surface area contributed by atoms with E-state index in [4.69, 9.17) is 4.42 Å². The predicted octanol–water partition coefficient (Wildman–Crippen LogP) is 3.22. The molecule has 0 amide bonds. The predicted molar refractivity (Wildman–Crippen MR) is 67.6 cm³/mol. The van der Waals surface area contributed by atoms with Crippen LogP contribution in [-0.2, 0) is 6.54 Å². The summed E-state index contributed by atoms with van der Waals surface area (Å²) >= 11 is 0. The average molecular weight is 230 g/mol. The quantitative estimate of drug-likeness (QED) is 0.857. The number of hydrogen-bond donors (Lipinski definition) is 1. The van der Waals surface area contributed by atoms with E-state index in [1.807, 2.05) is 31.3 Å². The molecule has 0 bridgehead atoms. The number of aromatic nitrogens is 1. The molecule has 0 aliphatic carbocycles. The van der Waals surface area contributed by atoms with E-state index in [1.54, 1.807) is 6.26 Å². The molecule has 1 N–H and O–H groups in total. The summed E-state index contributed by atoms with van der Waals surface area (Å²) in [6.45, 7) is 4.95. The fourth-order valence-electron chi connectivity index (χ4n) is 1.78. The molecule has 3 heteroatoms. The minimum atomic E-state index is 0.270. The number of nitrogens with zero attached hydrogens (tertiary/aromatic N) is 1. The van der Waals surface area contributed by atoms with Crippen molar-refractivity contribution in [3.63, 3.8) is 0 Å². The van der Waals surface area contributed by atoms with Crippen molar-refractivity contribution in [3.8, 4) is 0 Å². The van der Waals surface area contributed by atoms with E-state index < -0.39 is 0 Å². The second kappa shape index (κ2) is 5.64. The van der Waals surface area contributed by atoms with Gasteiger partial charge in [-0.1, -0.05) is 13.0 Å². The van der Waals surface area contributed by atoms with Crippen LogP contribution in [0, 0.1) is 6.92 Å². The van der Waals surface area contributed by atoms with Gasteiger partial charge in [0, 0.05) is 18.4 Å². The zero-order valence-corrected chi connectivity index (χ0v) is 10.3. The lowest BCUT2D eigenvalue weighted by Crippen LogP contribution is -2.19. The van der Waals surface area contributed by atoms with E-state index in [0.29, 0.717) is 0 Å². The van der Waals surface area contributed by atoms with Gasteiger partial charge in [-0.15, -0.1) is 0 Å². The van der Waals surface area contributed by atoms with Crippen LogP contribution in [-0.4, -0.2) is 4.98 Å². The third-order valence-corrected chi connectivity index (χ3v) is 2.82. The number of hydrogen-bond acceptors (Lipinski definition) is 3.